The minimum atomic E-state index is -0.412. The maximum absolute atomic E-state index is 12.3. The Kier molecular flexibility index (Phi) is 5.03. The molecule has 0 spiro atoms. The van der Waals surface area contributed by atoms with Crippen LogP contribution in [0.5, 0.6) is 5.75 Å². The van der Waals surface area contributed by atoms with Crippen LogP contribution in [0.3, 0.4) is 0 Å². The van der Waals surface area contributed by atoms with Crippen LogP contribution in [-0.2, 0) is 4.79 Å². The molecule has 3 N–H and O–H groups in total. The number of amides is 1. The molecule has 0 saturated carbocycles. The normalized spacial score (nSPS) is 27.7. The fourth-order valence-electron chi connectivity index (χ4n) is 3.36. The van der Waals surface area contributed by atoms with Crippen LogP contribution < -0.4 is 20.3 Å². The number of aliphatic hydroxyl groups is 1. The predicted molar refractivity (Wildman–Crippen MR) is 88.8 cm³/mol. The Morgan fingerprint density at radius 3 is 3.09 bits per heavy atom. The summed E-state index contributed by atoms with van der Waals surface area (Å²) in [6.45, 7) is 2.28. The number of nitrogens with zero attached hydrogens (tertiary/aromatic N) is 1. The van der Waals surface area contributed by atoms with Crippen molar-refractivity contribution >= 4 is 11.6 Å². The molecular weight excluding hydrogens is 294 g/mol. The van der Waals surface area contributed by atoms with E-state index in [1.807, 2.05) is 18.2 Å². The van der Waals surface area contributed by atoms with Gasteiger partial charge in [0.2, 0.25) is 5.91 Å². The summed E-state index contributed by atoms with van der Waals surface area (Å²) < 4.78 is 5.29. The fraction of sp³-hybridized carbons (Fsp3) is 0.588. The summed E-state index contributed by atoms with van der Waals surface area (Å²) >= 11 is 0. The number of hydrogen-bond donors (Lipinski definition) is 3. The van der Waals surface area contributed by atoms with Crippen molar-refractivity contribution in [3.05, 3.63) is 24.3 Å². The maximum atomic E-state index is 12.3. The molecule has 3 rings (SSSR count). The third-order valence-corrected chi connectivity index (χ3v) is 4.61. The van der Waals surface area contributed by atoms with Crippen molar-refractivity contribution in [3.63, 3.8) is 0 Å². The molecule has 2 saturated heterocycles. The first kappa shape index (κ1) is 16.1. The number of β-amino-alcohol motifs (C(OH)–C–C–N with tert-alkyl or cyclic N) is 1. The van der Waals surface area contributed by atoms with Crippen LogP contribution >= 0.6 is 0 Å². The van der Waals surface area contributed by atoms with Crippen molar-refractivity contribution in [2.24, 2.45) is 0 Å². The second kappa shape index (κ2) is 7.19. The Labute approximate surface area is 136 Å². The van der Waals surface area contributed by atoms with Crippen LogP contribution in [0, 0.1) is 0 Å². The van der Waals surface area contributed by atoms with Gasteiger partial charge in [-0.05, 0) is 31.4 Å². The molecule has 23 heavy (non-hydrogen) atoms. The van der Waals surface area contributed by atoms with Gasteiger partial charge in [-0.1, -0.05) is 6.07 Å². The molecule has 2 aliphatic heterocycles. The molecule has 0 radical (unpaired) electrons. The summed E-state index contributed by atoms with van der Waals surface area (Å²) in [6, 6.07) is 7.89. The highest BCUT2D eigenvalue weighted by Gasteiger charge is 2.30. The summed E-state index contributed by atoms with van der Waals surface area (Å²) in [5, 5.41) is 15.7. The zero-order valence-corrected chi connectivity index (χ0v) is 13.5. The lowest BCUT2D eigenvalue weighted by atomic mass is 10.0. The topological polar surface area (TPSA) is 73.8 Å². The van der Waals surface area contributed by atoms with E-state index in [1.54, 1.807) is 7.11 Å². The second-order valence-corrected chi connectivity index (χ2v) is 6.35. The van der Waals surface area contributed by atoms with Gasteiger partial charge in [-0.3, -0.25) is 4.79 Å². The van der Waals surface area contributed by atoms with Crippen molar-refractivity contribution < 1.29 is 14.6 Å². The Morgan fingerprint density at radius 1 is 1.48 bits per heavy atom. The number of rotatable bonds is 4. The number of anilines is 1. The van der Waals surface area contributed by atoms with Crippen molar-refractivity contribution in [2.75, 3.05) is 31.6 Å². The van der Waals surface area contributed by atoms with Crippen LogP contribution in [0.2, 0.25) is 0 Å². The minimum absolute atomic E-state index is 0.000887. The molecule has 1 aromatic rings. The molecule has 2 aliphatic rings. The van der Waals surface area contributed by atoms with E-state index >= 15 is 0 Å². The summed E-state index contributed by atoms with van der Waals surface area (Å²) in [5.41, 5.74) is 1.12. The molecule has 126 valence electrons. The van der Waals surface area contributed by atoms with E-state index in [9.17, 15) is 9.90 Å². The van der Waals surface area contributed by atoms with Gasteiger partial charge in [0.25, 0.3) is 0 Å². The lowest BCUT2D eigenvalue weighted by molar-refractivity contribution is -0.123. The summed E-state index contributed by atoms with van der Waals surface area (Å²) in [4.78, 5) is 14.6. The van der Waals surface area contributed by atoms with Crippen LogP contribution in [0.25, 0.3) is 0 Å². The van der Waals surface area contributed by atoms with Gasteiger partial charge >= 0.3 is 0 Å². The number of aliphatic hydroxyl groups excluding tert-OH is 1. The van der Waals surface area contributed by atoms with E-state index in [4.69, 9.17) is 4.74 Å². The number of nitrogens with one attached hydrogen (secondary N) is 2. The molecule has 1 aromatic carbocycles. The van der Waals surface area contributed by atoms with Crippen LogP contribution in [0.1, 0.15) is 19.3 Å². The monoisotopic (exact) mass is 319 g/mol. The van der Waals surface area contributed by atoms with Gasteiger partial charge < -0.3 is 25.4 Å². The first-order valence-corrected chi connectivity index (χ1v) is 8.26. The van der Waals surface area contributed by atoms with Crippen LogP contribution in [0.15, 0.2) is 24.3 Å². The van der Waals surface area contributed by atoms with Gasteiger partial charge in [-0.25, -0.2) is 0 Å². The zero-order valence-electron chi connectivity index (χ0n) is 13.5. The van der Waals surface area contributed by atoms with Gasteiger partial charge in [0, 0.05) is 37.4 Å². The Hall–Kier alpha value is -1.79. The quantitative estimate of drug-likeness (QED) is 0.754. The maximum Gasteiger partial charge on any atom is 0.237 e. The molecule has 0 aliphatic carbocycles. The van der Waals surface area contributed by atoms with Crippen molar-refractivity contribution in [3.8, 4) is 5.75 Å². The first-order chi connectivity index (χ1) is 11.2. The van der Waals surface area contributed by atoms with E-state index in [-0.39, 0.29) is 18.0 Å². The van der Waals surface area contributed by atoms with Crippen molar-refractivity contribution in [2.45, 2.75) is 37.5 Å². The molecule has 2 fully saturated rings. The standard InChI is InChI=1S/C17H25N3O3/c1-23-15-6-2-5-13(8-15)20-7-3-4-12(11-20)19-17(22)16-9-14(21)10-18-16/h2,5-6,8,12,14,16,18,21H,3-4,7,9-11H2,1H3,(H,19,22)/t12-,14+,16+/m0/s1. The van der Waals surface area contributed by atoms with Gasteiger partial charge in [0.1, 0.15) is 5.75 Å². The molecule has 3 atom stereocenters. The molecule has 0 aromatic heterocycles. The average molecular weight is 319 g/mol. The molecule has 0 bridgehead atoms. The zero-order chi connectivity index (χ0) is 16.2. The van der Waals surface area contributed by atoms with Gasteiger partial charge in [-0.15, -0.1) is 0 Å². The fourth-order valence-corrected chi connectivity index (χ4v) is 3.36. The summed E-state index contributed by atoms with van der Waals surface area (Å²) in [6.07, 6.45) is 2.12. The average Bonchev–Trinajstić information content (AvgIpc) is 3.02. The van der Waals surface area contributed by atoms with Gasteiger partial charge in [-0.2, -0.15) is 0 Å². The predicted octanol–water partition coefficient (Wildman–Crippen LogP) is 0.503. The van der Waals surface area contributed by atoms with E-state index < -0.39 is 6.10 Å². The Balaban J connectivity index is 1.58. The van der Waals surface area contributed by atoms with Gasteiger partial charge in [0.05, 0.1) is 19.3 Å². The SMILES string of the molecule is COc1cccc(N2CCC[C@H](NC(=O)[C@H]3C[C@@H](O)CN3)C2)c1. The molecule has 2 heterocycles. The number of benzene rings is 1. The van der Waals surface area contributed by atoms with E-state index in [1.165, 1.54) is 0 Å². The number of carbonyl (C=O) groups is 1. The molecular formula is C17H25N3O3. The summed E-state index contributed by atoms with van der Waals surface area (Å²) in [5.74, 6) is 0.844. The van der Waals surface area contributed by atoms with Crippen molar-refractivity contribution in [1.82, 2.24) is 10.6 Å². The van der Waals surface area contributed by atoms with Gasteiger partial charge in [0.15, 0.2) is 0 Å². The number of piperidine rings is 1. The molecule has 6 heteroatoms. The van der Waals surface area contributed by atoms with E-state index in [0.717, 1.165) is 37.4 Å². The van der Waals surface area contributed by atoms with Crippen LogP contribution in [0.4, 0.5) is 5.69 Å². The first-order valence-electron chi connectivity index (χ1n) is 8.26. The highest BCUT2D eigenvalue weighted by molar-refractivity contribution is 5.82. The molecule has 6 nitrogen and oxygen atoms in total. The smallest absolute Gasteiger partial charge is 0.237 e. The third kappa shape index (κ3) is 3.95. The van der Waals surface area contributed by atoms with E-state index in [0.29, 0.717) is 13.0 Å². The number of methoxy groups -OCH3 is 1. The number of hydrogen-bond acceptors (Lipinski definition) is 5. The van der Waals surface area contributed by atoms with Crippen molar-refractivity contribution in [1.29, 1.82) is 0 Å². The molecule has 0 unspecified atom stereocenters. The number of ether oxygens (including phenoxy) is 1. The second-order valence-electron chi connectivity index (χ2n) is 6.35. The highest BCUT2D eigenvalue weighted by atomic mass is 16.5. The lowest BCUT2D eigenvalue weighted by Gasteiger charge is -2.35. The highest BCUT2D eigenvalue weighted by Crippen LogP contribution is 2.24. The third-order valence-electron chi connectivity index (χ3n) is 4.61. The van der Waals surface area contributed by atoms with E-state index in [2.05, 4.69) is 21.6 Å². The largest absolute Gasteiger partial charge is 0.497 e. The number of carbonyl (C=O) groups excluding carboxylic acids is 1. The summed E-state index contributed by atoms with van der Waals surface area (Å²) in [7, 11) is 1.67. The Bertz CT molecular complexity index is 552. The van der Waals surface area contributed by atoms with Crippen LogP contribution in [-0.4, -0.2) is 55.9 Å². The lowest BCUT2D eigenvalue weighted by Crippen LogP contribution is -2.51. The minimum Gasteiger partial charge on any atom is -0.497 e. The molecule has 1 amide bonds. The Morgan fingerprint density at radius 2 is 2.35 bits per heavy atom.